The number of thioether (sulfide) groups is 1. The summed E-state index contributed by atoms with van der Waals surface area (Å²) in [6.07, 6.45) is 0. The smallest absolute Gasteiger partial charge is 0.326 e. The largest absolute Gasteiger partial charge is 0.446 e. The van der Waals surface area contributed by atoms with Gasteiger partial charge in [-0.25, -0.2) is 0 Å². The average molecular weight is 258 g/mol. The molecule has 0 unspecified atom stereocenters. The lowest BCUT2D eigenvalue weighted by molar-refractivity contribution is -0.0328. The predicted molar refractivity (Wildman–Crippen MR) is 58.2 cm³/mol. The van der Waals surface area contributed by atoms with Crippen molar-refractivity contribution >= 4 is 24.2 Å². The summed E-state index contributed by atoms with van der Waals surface area (Å²) in [6.45, 7) is 2.10. The first-order valence-electron chi connectivity index (χ1n) is 3.98. The standard InChI is InChI=1S/C9H10F3NS.ClH/c1-6-4-8(14-9(10,11)12)3-2-7(6)5-13;/h2-4H,5,13H2,1H3;1H. The number of nitrogens with two attached hydrogens (primary N) is 1. The van der Waals surface area contributed by atoms with Crippen molar-refractivity contribution in [2.45, 2.75) is 23.9 Å². The van der Waals surface area contributed by atoms with Crippen molar-refractivity contribution in [2.75, 3.05) is 0 Å². The van der Waals surface area contributed by atoms with Crippen LogP contribution in [0.25, 0.3) is 0 Å². The van der Waals surface area contributed by atoms with E-state index in [0.29, 0.717) is 6.54 Å². The van der Waals surface area contributed by atoms with Crippen molar-refractivity contribution in [3.05, 3.63) is 29.3 Å². The quantitative estimate of drug-likeness (QED) is 0.821. The highest BCUT2D eigenvalue weighted by atomic mass is 35.5. The van der Waals surface area contributed by atoms with E-state index in [-0.39, 0.29) is 29.1 Å². The minimum Gasteiger partial charge on any atom is -0.326 e. The topological polar surface area (TPSA) is 26.0 Å². The molecule has 0 radical (unpaired) electrons. The van der Waals surface area contributed by atoms with Crippen LogP contribution in [0.4, 0.5) is 13.2 Å². The molecule has 1 rings (SSSR count). The van der Waals surface area contributed by atoms with Crippen molar-refractivity contribution in [1.29, 1.82) is 0 Å². The highest BCUT2D eigenvalue weighted by Gasteiger charge is 2.29. The van der Waals surface area contributed by atoms with Gasteiger partial charge < -0.3 is 5.73 Å². The normalized spacial score (nSPS) is 11.0. The molecule has 1 aromatic rings. The van der Waals surface area contributed by atoms with E-state index in [1.807, 2.05) is 0 Å². The molecule has 0 amide bonds. The lowest BCUT2D eigenvalue weighted by atomic mass is 10.1. The van der Waals surface area contributed by atoms with Gasteiger partial charge in [-0.3, -0.25) is 0 Å². The molecule has 86 valence electrons. The van der Waals surface area contributed by atoms with Crippen LogP contribution >= 0.6 is 24.2 Å². The minimum absolute atomic E-state index is 0. The van der Waals surface area contributed by atoms with Gasteiger partial charge in [0.1, 0.15) is 0 Å². The van der Waals surface area contributed by atoms with Gasteiger partial charge in [-0.15, -0.1) is 12.4 Å². The van der Waals surface area contributed by atoms with Gasteiger partial charge in [0, 0.05) is 11.4 Å². The molecule has 0 aliphatic carbocycles. The van der Waals surface area contributed by atoms with Gasteiger partial charge in [0.15, 0.2) is 0 Å². The SMILES string of the molecule is Cc1cc(SC(F)(F)F)ccc1CN.Cl. The molecule has 0 saturated heterocycles. The van der Waals surface area contributed by atoms with Gasteiger partial charge in [0.25, 0.3) is 0 Å². The van der Waals surface area contributed by atoms with Crippen molar-refractivity contribution in [3.63, 3.8) is 0 Å². The molecular weight excluding hydrogens is 247 g/mol. The third-order valence-corrected chi connectivity index (χ3v) is 2.49. The highest BCUT2D eigenvalue weighted by molar-refractivity contribution is 8.00. The van der Waals surface area contributed by atoms with Crippen LogP contribution in [0, 0.1) is 6.92 Å². The Morgan fingerprint density at radius 1 is 1.33 bits per heavy atom. The third kappa shape index (κ3) is 4.77. The van der Waals surface area contributed by atoms with Crippen LogP contribution < -0.4 is 5.73 Å². The van der Waals surface area contributed by atoms with Gasteiger partial charge in [-0.05, 0) is 41.9 Å². The maximum absolute atomic E-state index is 12.0. The fourth-order valence-electron chi connectivity index (χ4n) is 1.09. The van der Waals surface area contributed by atoms with Crippen LogP contribution in [0.5, 0.6) is 0 Å². The van der Waals surface area contributed by atoms with E-state index >= 15 is 0 Å². The lowest BCUT2D eigenvalue weighted by Gasteiger charge is -2.08. The lowest BCUT2D eigenvalue weighted by Crippen LogP contribution is -2.01. The second-order valence-electron chi connectivity index (χ2n) is 2.84. The molecule has 0 saturated carbocycles. The zero-order chi connectivity index (χ0) is 10.8. The van der Waals surface area contributed by atoms with Gasteiger partial charge in [0.2, 0.25) is 0 Å². The van der Waals surface area contributed by atoms with Crippen LogP contribution in [0.1, 0.15) is 11.1 Å². The number of hydrogen-bond acceptors (Lipinski definition) is 2. The van der Waals surface area contributed by atoms with E-state index in [2.05, 4.69) is 0 Å². The third-order valence-electron chi connectivity index (χ3n) is 1.77. The van der Waals surface area contributed by atoms with Gasteiger partial charge in [-0.2, -0.15) is 13.2 Å². The first-order chi connectivity index (χ1) is 6.42. The number of benzene rings is 1. The number of rotatable bonds is 2. The van der Waals surface area contributed by atoms with Crippen LogP contribution in [-0.2, 0) is 6.54 Å². The van der Waals surface area contributed by atoms with E-state index in [0.717, 1.165) is 11.1 Å². The van der Waals surface area contributed by atoms with Gasteiger partial charge in [0.05, 0.1) is 0 Å². The van der Waals surface area contributed by atoms with Crippen molar-refractivity contribution in [3.8, 4) is 0 Å². The van der Waals surface area contributed by atoms with Gasteiger partial charge in [-0.1, -0.05) is 6.07 Å². The van der Waals surface area contributed by atoms with Crippen LogP contribution in [-0.4, -0.2) is 5.51 Å². The summed E-state index contributed by atoms with van der Waals surface area (Å²) < 4.78 is 36.0. The zero-order valence-corrected chi connectivity index (χ0v) is 9.60. The number of aryl methyl sites for hydroxylation is 1. The van der Waals surface area contributed by atoms with Crippen molar-refractivity contribution in [2.24, 2.45) is 5.73 Å². The maximum Gasteiger partial charge on any atom is 0.446 e. The molecule has 0 atom stereocenters. The van der Waals surface area contributed by atoms with E-state index in [4.69, 9.17) is 5.73 Å². The molecule has 15 heavy (non-hydrogen) atoms. The zero-order valence-electron chi connectivity index (χ0n) is 7.97. The summed E-state index contributed by atoms with van der Waals surface area (Å²) in [5.41, 5.74) is 2.84. The molecule has 0 aliphatic heterocycles. The minimum atomic E-state index is -4.23. The number of hydrogen-bond donors (Lipinski definition) is 1. The molecular formula is C9H11ClF3NS. The number of alkyl halides is 3. The van der Waals surface area contributed by atoms with Gasteiger partial charge >= 0.3 is 5.51 Å². The van der Waals surface area contributed by atoms with Crippen molar-refractivity contribution in [1.82, 2.24) is 0 Å². The predicted octanol–water partition coefficient (Wildman–Crippen LogP) is 3.49. The Morgan fingerprint density at radius 2 is 1.93 bits per heavy atom. The molecule has 0 fully saturated rings. The molecule has 0 bridgehead atoms. The molecule has 2 N–H and O–H groups in total. The van der Waals surface area contributed by atoms with Crippen LogP contribution in [0.3, 0.4) is 0 Å². The Labute approximate surface area is 96.6 Å². The maximum atomic E-state index is 12.0. The van der Waals surface area contributed by atoms with E-state index in [1.54, 1.807) is 13.0 Å². The Morgan fingerprint density at radius 3 is 2.33 bits per heavy atom. The summed E-state index contributed by atoms with van der Waals surface area (Å²) in [5.74, 6) is 0. The summed E-state index contributed by atoms with van der Waals surface area (Å²) in [6, 6.07) is 4.57. The summed E-state index contributed by atoms with van der Waals surface area (Å²) in [7, 11) is 0. The molecule has 0 spiro atoms. The van der Waals surface area contributed by atoms with E-state index in [1.165, 1.54) is 12.1 Å². The van der Waals surface area contributed by atoms with E-state index in [9.17, 15) is 13.2 Å². The summed E-state index contributed by atoms with van der Waals surface area (Å²) >= 11 is -0.107. The fraction of sp³-hybridized carbons (Fsp3) is 0.333. The second-order valence-corrected chi connectivity index (χ2v) is 3.98. The Hall–Kier alpha value is -0.390. The Balaban J connectivity index is 0.00000196. The fourth-order valence-corrected chi connectivity index (χ4v) is 1.73. The molecule has 6 heteroatoms. The average Bonchev–Trinajstić information content (AvgIpc) is 2.01. The first-order valence-corrected chi connectivity index (χ1v) is 4.79. The van der Waals surface area contributed by atoms with Crippen molar-refractivity contribution < 1.29 is 13.2 Å². The summed E-state index contributed by atoms with van der Waals surface area (Å²) in [4.78, 5) is 0.201. The second kappa shape index (κ2) is 5.63. The van der Waals surface area contributed by atoms with E-state index < -0.39 is 5.51 Å². The molecule has 1 nitrogen and oxygen atoms in total. The van der Waals surface area contributed by atoms with Crippen LogP contribution in [0.15, 0.2) is 23.1 Å². The van der Waals surface area contributed by atoms with Crippen LogP contribution in [0.2, 0.25) is 0 Å². The summed E-state index contributed by atoms with van der Waals surface area (Å²) in [5, 5.41) is 0. The monoisotopic (exact) mass is 257 g/mol. The Kier molecular flexibility index (Phi) is 5.48. The highest BCUT2D eigenvalue weighted by Crippen LogP contribution is 2.37. The molecule has 0 heterocycles. The molecule has 0 aromatic heterocycles. The molecule has 1 aromatic carbocycles. The Bertz CT molecular complexity index is 328. The first kappa shape index (κ1) is 14.6. The number of halogens is 4. The molecule has 0 aliphatic rings.